The Morgan fingerprint density at radius 2 is 1.86 bits per heavy atom. The Hall–Kier alpha value is -2.77. The molecule has 1 saturated heterocycles. The summed E-state index contributed by atoms with van der Waals surface area (Å²) in [7, 11) is 0. The highest BCUT2D eigenvalue weighted by Gasteiger charge is 2.17. The Morgan fingerprint density at radius 1 is 1.05 bits per heavy atom. The fourth-order valence-electron chi connectivity index (χ4n) is 2.49. The Labute approximate surface area is 120 Å². The van der Waals surface area contributed by atoms with Gasteiger partial charge in [0, 0.05) is 18.7 Å². The highest BCUT2D eigenvalue weighted by Crippen LogP contribution is 2.21. The van der Waals surface area contributed by atoms with Crippen LogP contribution >= 0.6 is 0 Å². The van der Waals surface area contributed by atoms with E-state index >= 15 is 0 Å². The van der Waals surface area contributed by atoms with E-state index in [9.17, 15) is 0 Å². The number of H-pyrrole nitrogens is 1. The normalized spacial score (nSPS) is 14.8. The summed E-state index contributed by atoms with van der Waals surface area (Å²) >= 11 is 0. The van der Waals surface area contributed by atoms with Gasteiger partial charge in [0.15, 0.2) is 5.82 Å². The van der Waals surface area contributed by atoms with Crippen molar-refractivity contribution in [3.63, 3.8) is 0 Å². The van der Waals surface area contributed by atoms with Crippen LogP contribution in [0.2, 0.25) is 0 Å². The van der Waals surface area contributed by atoms with Gasteiger partial charge in [-0.25, -0.2) is 4.68 Å². The minimum atomic E-state index is 0.778. The second-order valence-corrected chi connectivity index (χ2v) is 4.98. The summed E-state index contributed by atoms with van der Waals surface area (Å²) < 4.78 is 1.61. The molecule has 3 aromatic rings. The molecule has 0 atom stereocenters. The van der Waals surface area contributed by atoms with Crippen molar-refractivity contribution in [1.82, 2.24) is 35.4 Å². The molecule has 106 valence electrons. The van der Waals surface area contributed by atoms with Gasteiger partial charge in [-0.15, -0.1) is 10.2 Å². The topological polar surface area (TPSA) is 88.4 Å². The van der Waals surface area contributed by atoms with Gasteiger partial charge in [0.25, 0.3) is 0 Å². The maximum absolute atomic E-state index is 4.57. The van der Waals surface area contributed by atoms with E-state index in [1.807, 2.05) is 24.3 Å². The summed E-state index contributed by atoms with van der Waals surface area (Å²) in [5.74, 6) is 1.56. The van der Waals surface area contributed by atoms with Crippen LogP contribution < -0.4 is 4.90 Å². The average Bonchev–Trinajstić information content (AvgIpc) is 3.27. The molecule has 1 aliphatic heterocycles. The molecule has 0 aliphatic carbocycles. The fourth-order valence-corrected chi connectivity index (χ4v) is 2.49. The third-order valence-corrected chi connectivity index (χ3v) is 3.62. The number of nitrogens with zero attached hydrogens (tertiary/aromatic N) is 7. The number of aromatic nitrogens is 7. The predicted octanol–water partition coefficient (Wildman–Crippen LogP) is 1.05. The lowest BCUT2D eigenvalue weighted by molar-refractivity contribution is 0.789. The lowest BCUT2D eigenvalue weighted by Crippen LogP contribution is -2.18. The molecule has 0 radical (unpaired) electrons. The lowest BCUT2D eigenvalue weighted by Gasteiger charge is -2.10. The van der Waals surface area contributed by atoms with Crippen molar-refractivity contribution in [2.24, 2.45) is 0 Å². The van der Waals surface area contributed by atoms with E-state index in [-0.39, 0.29) is 0 Å². The Balaban J connectivity index is 1.58. The quantitative estimate of drug-likeness (QED) is 0.772. The predicted molar refractivity (Wildman–Crippen MR) is 76.0 cm³/mol. The van der Waals surface area contributed by atoms with Crippen LogP contribution in [-0.4, -0.2) is 48.5 Å². The Kier molecular flexibility index (Phi) is 2.84. The zero-order valence-electron chi connectivity index (χ0n) is 11.3. The molecular formula is C13H14N8. The molecule has 1 fully saturated rings. The first kappa shape index (κ1) is 12.0. The monoisotopic (exact) mass is 282 g/mol. The average molecular weight is 282 g/mol. The first-order valence-electron chi connectivity index (χ1n) is 6.91. The first-order chi connectivity index (χ1) is 10.4. The molecule has 1 N–H and O–H groups in total. The van der Waals surface area contributed by atoms with Crippen LogP contribution in [0.5, 0.6) is 0 Å². The van der Waals surface area contributed by atoms with Crippen molar-refractivity contribution >= 4 is 5.95 Å². The number of benzene rings is 1. The van der Waals surface area contributed by atoms with Gasteiger partial charge in [-0.3, -0.25) is 5.10 Å². The van der Waals surface area contributed by atoms with Crippen molar-refractivity contribution in [3.8, 4) is 17.1 Å². The second kappa shape index (κ2) is 4.97. The molecule has 8 nitrogen and oxygen atoms in total. The number of aromatic amines is 1. The maximum atomic E-state index is 4.57. The van der Waals surface area contributed by atoms with Crippen LogP contribution in [0.4, 0.5) is 5.95 Å². The SMILES string of the molecule is c1cc(-n2cnnn2)ccc1-c1nc(N2CCCC2)n[nH]1. The van der Waals surface area contributed by atoms with E-state index in [2.05, 4.69) is 35.6 Å². The molecule has 3 heterocycles. The van der Waals surface area contributed by atoms with Crippen LogP contribution in [0.25, 0.3) is 17.1 Å². The highest BCUT2D eigenvalue weighted by molar-refractivity contribution is 5.58. The molecule has 21 heavy (non-hydrogen) atoms. The summed E-state index contributed by atoms with van der Waals surface area (Å²) in [6, 6.07) is 7.85. The molecule has 1 aliphatic rings. The molecule has 0 spiro atoms. The largest absolute Gasteiger partial charge is 0.340 e. The van der Waals surface area contributed by atoms with Gasteiger partial charge >= 0.3 is 0 Å². The third kappa shape index (κ3) is 2.24. The van der Waals surface area contributed by atoms with Crippen LogP contribution in [-0.2, 0) is 0 Å². The number of nitrogens with one attached hydrogen (secondary N) is 1. The summed E-state index contributed by atoms with van der Waals surface area (Å²) in [5, 5.41) is 18.4. The van der Waals surface area contributed by atoms with Crippen molar-refractivity contribution in [2.75, 3.05) is 18.0 Å². The van der Waals surface area contributed by atoms with Gasteiger partial charge in [-0.1, -0.05) is 0 Å². The smallest absolute Gasteiger partial charge is 0.245 e. The van der Waals surface area contributed by atoms with Gasteiger partial charge in [-0.2, -0.15) is 4.98 Å². The molecule has 1 aromatic carbocycles. The van der Waals surface area contributed by atoms with Gasteiger partial charge in [0.1, 0.15) is 6.33 Å². The molecule has 0 bridgehead atoms. The molecule has 0 unspecified atom stereocenters. The highest BCUT2D eigenvalue weighted by atomic mass is 15.5. The number of anilines is 1. The number of hydrogen-bond acceptors (Lipinski definition) is 6. The van der Waals surface area contributed by atoms with Gasteiger partial charge in [0.2, 0.25) is 5.95 Å². The van der Waals surface area contributed by atoms with E-state index in [0.29, 0.717) is 0 Å². The number of tetrazole rings is 1. The molecule has 0 amide bonds. The summed E-state index contributed by atoms with van der Waals surface area (Å²) in [5.41, 5.74) is 1.90. The summed E-state index contributed by atoms with van der Waals surface area (Å²) in [6.45, 7) is 2.07. The van der Waals surface area contributed by atoms with E-state index in [4.69, 9.17) is 0 Å². The second-order valence-electron chi connectivity index (χ2n) is 4.98. The van der Waals surface area contributed by atoms with E-state index < -0.39 is 0 Å². The van der Waals surface area contributed by atoms with Crippen molar-refractivity contribution in [1.29, 1.82) is 0 Å². The Bertz CT molecular complexity index is 709. The summed E-state index contributed by atoms with van der Waals surface area (Å²) in [6.07, 6.45) is 3.99. The van der Waals surface area contributed by atoms with E-state index in [1.54, 1.807) is 11.0 Å². The van der Waals surface area contributed by atoms with Crippen LogP contribution in [0.1, 0.15) is 12.8 Å². The molecular weight excluding hydrogens is 268 g/mol. The molecule has 8 heteroatoms. The van der Waals surface area contributed by atoms with Crippen molar-refractivity contribution < 1.29 is 0 Å². The standard InChI is InChI=1S/C13H14N8/c1-2-8-20(7-1)13-15-12(16-17-13)10-3-5-11(6-4-10)21-9-14-18-19-21/h3-6,9H,1-2,7-8H2,(H,15,16,17). The minimum absolute atomic E-state index is 0.778. The van der Waals surface area contributed by atoms with Crippen LogP contribution in [0, 0.1) is 0 Å². The van der Waals surface area contributed by atoms with Crippen LogP contribution in [0.3, 0.4) is 0 Å². The number of hydrogen-bond donors (Lipinski definition) is 1. The first-order valence-corrected chi connectivity index (χ1v) is 6.91. The van der Waals surface area contributed by atoms with Crippen molar-refractivity contribution in [3.05, 3.63) is 30.6 Å². The lowest BCUT2D eigenvalue weighted by atomic mass is 10.2. The van der Waals surface area contributed by atoms with Crippen LogP contribution in [0.15, 0.2) is 30.6 Å². The van der Waals surface area contributed by atoms with Gasteiger partial charge in [-0.05, 0) is 47.5 Å². The minimum Gasteiger partial charge on any atom is -0.340 e. The Morgan fingerprint density at radius 3 is 2.57 bits per heavy atom. The maximum Gasteiger partial charge on any atom is 0.245 e. The zero-order chi connectivity index (χ0) is 14.1. The van der Waals surface area contributed by atoms with Gasteiger partial charge < -0.3 is 4.90 Å². The van der Waals surface area contributed by atoms with Crippen molar-refractivity contribution in [2.45, 2.75) is 12.8 Å². The van der Waals surface area contributed by atoms with E-state index in [1.165, 1.54) is 12.8 Å². The number of rotatable bonds is 3. The van der Waals surface area contributed by atoms with E-state index in [0.717, 1.165) is 36.1 Å². The molecule has 0 saturated carbocycles. The zero-order valence-corrected chi connectivity index (χ0v) is 11.3. The molecule has 2 aromatic heterocycles. The molecule has 4 rings (SSSR count). The summed E-state index contributed by atoms with van der Waals surface area (Å²) in [4.78, 5) is 6.77. The fraction of sp³-hybridized carbons (Fsp3) is 0.308. The van der Waals surface area contributed by atoms with Gasteiger partial charge in [0.05, 0.1) is 5.69 Å². The third-order valence-electron chi connectivity index (χ3n) is 3.62.